The van der Waals surface area contributed by atoms with Gasteiger partial charge in [-0.2, -0.15) is 0 Å². The van der Waals surface area contributed by atoms with Gasteiger partial charge in [-0.1, -0.05) is 141 Å². The van der Waals surface area contributed by atoms with Crippen LogP contribution in [0.3, 0.4) is 0 Å². The van der Waals surface area contributed by atoms with Crippen LogP contribution in [-0.4, -0.2) is 12.3 Å². The summed E-state index contributed by atoms with van der Waals surface area (Å²) in [4.78, 5) is 12.8. The summed E-state index contributed by atoms with van der Waals surface area (Å²) in [6.07, 6.45) is 5.04. The number of carbonyl (C=O) groups is 1. The van der Waals surface area contributed by atoms with Crippen molar-refractivity contribution in [3.8, 4) is 0 Å². The predicted octanol–water partition coefficient (Wildman–Crippen LogP) is 9.05. The maximum atomic E-state index is 12.8. The number of hydrogen-bond donors (Lipinski definition) is 1. The summed E-state index contributed by atoms with van der Waals surface area (Å²) in [7, 11) is 0. The molecule has 5 aromatic rings. The van der Waals surface area contributed by atoms with Crippen LogP contribution in [0, 0.1) is 0 Å². The summed E-state index contributed by atoms with van der Waals surface area (Å²) in [5.41, 5.74) is 11.5. The van der Waals surface area contributed by atoms with Crippen molar-refractivity contribution in [1.82, 2.24) is 5.32 Å². The van der Waals surface area contributed by atoms with E-state index in [4.69, 9.17) is 0 Å². The summed E-state index contributed by atoms with van der Waals surface area (Å²) in [5.74, 6) is 0.0693. The van der Waals surface area contributed by atoms with Gasteiger partial charge in [-0.15, -0.1) is 0 Å². The van der Waals surface area contributed by atoms with E-state index in [9.17, 15) is 4.79 Å². The summed E-state index contributed by atoms with van der Waals surface area (Å²) in [6.45, 7) is 8.43. The average molecular weight is 564 g/mol. The summed E-state index contributed by atoms with van der Waals surface area (Å²) < 4.78 is 0. The highest BCUT2D eigenvalue weighted by molar-refractivity contribution is 6.08. The van der Waals surface area contributed by atoms with Gasteiger partial charge in [0.1, 0.15) is 0 Å². The molecule has 5 rings (SSSR count). The van der Waals surface area contributed by atoms with Gasteiger partial charge in [0, 0.05) is 17.7 Å². The lowest BCUT2D eigenvalue weighted by molar-refractivity contribution is 0.103. The molecule has 2 heteroatoms. The normalized spacial score (nSPS) is 10.9. The second kappa shape index (κ2) is 15.1. The molecule has 0 heterocycles. The van der Waals surface area contributed by atoms with Gasteiger partial charge in [-0.05, 0) is 83.2 Å². The molecular formula is C41H41NO. The van der Waals surface area contributed by atoms with E-state index in [1.54, 1.807) is 0 Å². The zero-order valence-corrected chi connectivity index (χ0v) is 25.2. The van der Waals surface area contributed by atoms with Gasteiger partial charge in [-0.3, -0.25) is 4.79 Å². The highest BCUT2D eigenvalue weighted by atomic mass is 16.1. The lowest BCUT2D eigenvalue weighted by atomic mass is 9.95. The third kappa shape index (κ3) is 8.50. The molecule has 0 bridgehead atoms. The molecule has 0 atom stereocenters. The van der Waals surface area contributed by atoms with Crippen LogP contribution in [0.4, 0.5) is 0 Å². The first-order chi connectivity index (χ1) is 21.1. The van der Waals surface area contributed by atoms with Crippen molar-refractivity contribution in [2.24, 2.45) is 0 Å². The van der Waals surface area contributed by atoms with E-state index in [1.807, 2.05) is 48.5 Å². The quantitative estimate of drug-likeness (QED) is 0.108. The molecule has 0 amide bonds. The summed E-state index contributed by atoms with van der Waals surface area (Å²) >= 11 is 0. The first kappa shape index (κ1) is 29.9. The van der Waals surface area contributed by atoms with Crippen LogP contribution < -0.4 is 5.32 Å². The van der Waals surface area contributed by atoms with E-state index in [2.05, 4.69) is 97.7 Å². The Balaban J connectivity index is 1.23. The van der Waals surface area contributed by atoms with Crippen molar-refractivity contribution in [2.45, 2.75) is 45.6 Å². The number of ketones is 1. The van der Waals surface area contributed by atoms with E-state index >= 15 is 0 Å². The molecule has 0 fully saturated rings. The van der Waals surface area contributed by atoms with Crippen LogP contribution in [0.5, 0.6) is 0 Å². The molecular weight excluding hydrogens is 522 g/mol. The molecule has 2 nitrogen and oxygen atoms in total. The highest BCUT2D eigenvalue weighted by Crippen LogP contribution is 2.23. The molecule has 0 aromatic heterocycles. The Morgan fingerprint density at radius 2 is 0.953 bits per heavy atom. The number of nitrogens with one attached hydrogen (secondary N) is 1. The van der Waals surface area contributed by atoms with Crippen molar-refractivity contribution >= 4 is 11.4 Å². The number of carbonyl (C=O) groups excluding carboxylic acids is 1. The smallest absolute Gasteiger partial charge is 0.193 e. The zero-order chi connectivity index (χ0) is 29.9. The molecule has 0 radical (unpaired) electrons. The molecule has 216 valence electrons. The Kier molecular flexibility index (Phi) is 10.5. The number of aryl methyl sites for hydroxylation is 4. The van der Waals surface area contributed by atoms with E-state index in [-0.39, 0.29) is 5.78 Å². The molecule has 5 aromatic carbocycles. The van der Waals surface area contributed by atoms with Crippen LogP contribution in [-0.2, 0) is 32.2 Å². The SMILES string of the molecule is C=C(c1ccccc1)c1ccc(CCc2cc(CCc3ccc(C(=O)c4ccccc4)cc3)cc(CNCCC)c2)cc1. The van der Waals surface area contributed by atoms with Gasteiger partial charge in [0.2, 0.25) is 0 Å². The van der Waals surface area contributed by atoms with Crippen molar-refractivity contribution < 1.29 is 4.79 Å². The minimum atomic E-state index is 0.0693. The minimum Gasteiger partial charge on any atom is -0.313 e. The van der Waals surface area contributed by atoms with Crippen LogP contribution in [0.1, 0.15) is 68.2 Å². The number of benzene rings is 5. The molecule has 0 aliphatic carbocycles. The second-order valence-electron chi connectivity index (χ2n) is 11.3. The summed E-state index contributed by atoms with van der Waals surface area (Å²) in [6, 6.07) is 43.9. The molecule has 43 heavy (non-hydrogen) atoms. The van der Waals surface area contributed by atoms with Crippen LogP contribution >= 0.6 is 0 Å². The predicted molar refractivity (Wildman–Crippen MR) is 181 cm³/mol. The largest absolute Gasteiger partial charge is 0.313 e. The maximum absolute atomic E-state index is 12.8. The first-order valence-corrected chi connectivity index (χ1v) is 15.4. The fourth-order valence-corrected chi connectivity index (χ4v) is 5.47. The van der Waals surface area contributed by atoms with Gasteiger partial charge in [0.15, 0.2) is 5.78 Å². The standard InChI is InChI=1S/C41H41NO/c1-3-26-42-30-36-28-34(16-14-32-18-22-38(23-19-32)31(2)37-10-6-4-7-11-37)27-35(29-36)17-15-33-20-24-40(25-21-33)41(43)39-12-8-5-9-13-39/h4-13,18-25,27-29,42H,2-3,14-17,26,30H2,1H3. The van der Waals surface area contributed by atoms with Gasteiger partial charge >= 0.3 is 0 Å². The maximum Gasteiger partial charge on any atom is 0.193 e. The van der Waals surface area contributed by atoms with Gasteiger partial charge < -0.3 is 5.32 Å². The Morgan fingerprint density at radius 3 is 1.49 bits per heavy atom. The van der Waals surface area contributed by atoms with Crippen molar-refractivity contribution in [1.29, 1.82) is 0 Å². The average Bonchev–Trinajstić information content (AvgIpc) is 3.07. The minimum absolute atomic E-state index is 0.0693. The van der Waals surface area contributed by atoms with Crippen molar-refractivity contribution in [3.05, 3.63) is 184 Å². The lowest BCUT2D eigenvalue weighted by Gasteiger charge is -2.12. The van der Waals surface area contributed by atoms with Gasteiger partial charge in [0.25, 0.3) is 0 Å². The topological polar surface area (TPSA) is 29.1 Å². The third-order valence-electron chi connectivity index (χ3n) is 7.95. The molecule has 0 spiro atoms. The van der Waals surface area contributed by atoms with Crippen LogP contribution in [0.2, 0.25) is 0 Å². The lowest BCUT2D eigenvalue weighted by Crippen LogP contribution is -2.14. The highest BCUT2D eigenvalue weighted by Gasteiger charge is 2.09. The zero-order valence-electron chi connectivity index (χ0n) is 25.2. The van der Waals surface area contributed by atoms with Crippen LogP contribution in [0.25, 0.3) is 5.57 Å². The molecule has 0 saturated carbocycles. The Morgan fingerprint density at radius 1 is 0.535 bits per heavy atom. The number of rotatable bonds is 14. The fraction of sp³-hybridized carbons (Fsp3) is 0.195. The van der Waals surface area contributed by atoms with E-state index in [0.717, 1.165) is 67.5 Å². The van der Waals surface area contributed by atoms with Gasteiger partial charge in [-0.25, -0.2) is 0 Å². The monoisotopic (exact) mass is 563 g/mol. The van der Waals surface area contributed by atoms with Crippen molar-refractivity contribution in [3.63, 3.8) is 0 Å². The third-order valence-corrected chi connectivity index (χ3v) is 7.95. The summed E-state index contributed by atoms with van der Waals surface area (Å²) in [5, 5.41) is 3.57. The molecule has 0 aliphatic rings. The molecule has 0 unspecified atom stereocenters. The van der Waals surface area contributed by atoms with Crippen molar-refractivity contribution in [2.75, 3.05) is 6.54 Å². The Labute approximate surface area is 257 Å². The van der Waals surface area contributed by atoms with Crippen LogP contribution in [0.15, 0.2) is 134 Å². The second-order valence-corrected chi connectivity index (χ2v) is 11.3. The fourth-order valence-electron chi connectivity index (χ4n) is 5.47. The van der Waals surface area contributed by atoms with E-state index in [1.165, 1.54) is 33.4 Å². The first-order valence-electron chi connectivity index (χ1n) is 15.4. The molecule has 0 saturated heterocycles. The van der Waals surface area contributed by atoms with Gasteiger partial charge in [0.05, 0.1) is 0 Å². The number of hydrogen-bond acceptors (Lipinski definition) is 2. The molecule has 1 N–H and O–H groups in total. The van der Waals surface area contributed by atoms with E-state index < -0.39 is 0 Å². The Hall–Kier alpha value is -4.53. The van der Waals surface area contributed by atoms with E-state index in [0.29, 0.717) is 0 Å². The Bertz CT molecular complexity index is 1500. The molecule has 0 aliphatic heterocycles.